The summed E-state index contributed by atoms with van der Waals surface area (Å²) in [5, 5.41) is 7.92. The predicted molar refractivity (Wildman–Crippen MR) is 88.5 cm³/mol. The van der Waals surface area contributed by atoms with Crippen molar-refractivity contribution in [2.75, 3.05) is 17.7 Å². The Hall–Kier alpha value is -3.15. The highest BCUT2D eigenvalue weighted by atomic mass is 16.2. The largest absolute Gasteiger partial charge is 0.355 e. The highest BCUT2D eigenvalue weighted by molar-refractivity contribution is 6.05. The van der Waals surface area contributed by atoms with Crippen LogP contribution >= 0.6 is 0 Å². The van der Waals surface area contributed by atoms with Crippen LogP contribution < -0.4 is 16.0 Å². The molecule has 0 saturated carbocycles. The second-order valence-corrected chi connectivity index (χ2v) is 4.87. The number of carbonyl (C=O) groups excluding carboxylic acids is 3. The van der Waals surface area contributed by atoms with Gasteiger partial charge in [-0.2, -0.15) is 0 Å². The Morgan fingerprint density at radius 1 is 0.696 bits per heavy atom. The van der Waals surface area contributed by atoms with Crippen LogP contribution in [0.25, 0.3) is 0 Å². The van der Waals surface area contributed by atoms with Crippen molar-refractivity contribution in [3.63, 3.8) is 0 Å². The number of rotatable bonds is 4. The maximum atomic E-state index is 12.1. The fourth-order valence-corrected chi connectivity index (χ4v) is 1.96. The molecule has 0 spiro atoms. The van der Waals surface area contributed by atoms with Gasteiger partial charge >= 0.3 is 0 Å². The van der Waals surface area contributed by atoms with Crippen LogP contribution in [0.3, 0.4) is 0 Å². The molecule has 0 aromatic heterocycles. The van der Waals surface area contributed by atoms with E-state index in [1.807, 2.05) is 0 Å². The van der Waals surface area contributed by atoms with E-state index in [0.717, 1.165) is 0 Å². The minimum absolute atomic E-state index is 0.155. The Morgan fingerprint density at radius 3 is 1.57 bits per heavy atom. The summed E-state index contributed by atoms with van der Waals surface area (Å²) in [4.78, 5) is 34.5. The zero-order valence-corrected chi connectivity index (χ0v) is 12.8. The summed E-state index contributed by atoms with van der Waals surface area (Å²) in [6.45, 7) is 1.43. The lowest BCUT2D eigenvalue weighted by molar-refractivity contribution is -0.114. The van der Waals surface area contributed by atoms with Crippen LogP contribution in [0.5, 0.6) is 0 Å². The lowest BCUT2D eigenvalue weighted by Crippen LogP contribution is -2.18. The second kappa shape index (κ2) is 7.22. The summed E-state index contributed by atoms with van der Waals surface area (Å²) in [6, 6.07) is 13.2. The molecule has 23 heavy (non-hydrogen) atoms. The van der Waals surface area contributed by atoms with E-state index in [1.165, 1.54) is 6.92 Å². The van der Waals surface area contributed by atoms with Crippen molar-refractivity contribution < 1.29 is 14.4 Å². The van der Waals surface area contributed by atoms with E-state index >= 15 is 0 Å². The first-order valence-electron chi connectivity index (χ1n) is 7.01. The topological polar surface area (TPSA) is 87.3 Å². The molecule has 2 aromatic rings. The zero-order valence-electron chi connectivity index (χ0n) is 12.8. The maximum Gasteiger partial charge on any atom is 0.255 e. The first kappa shape index (κ1) is 16.2. The predicted octanol–water partition coefficient (Wildman–Crippen LogP) is 2.26. The van der Waals surface area contributed by atoms with Crippen LogP contribution in [0.2, 0.25) is 0 Å². The molecule has 0 heterocycles. The zero-order chi connectivity index (χ0) is 16.8. The SMILES string of the molecule is CNC(=O)c1ccc(C(=O)Nc2ccc(NC(C)=O)cc2)cc1. The van der Waals surface area contributed by atoms with Gasteiger partial charge in [0.05, 0.1) is 0 Å². The smallest absolute Gasteiger partial charge is 0.255 e. The van der Waals surface area contributed by atoms with E-state index in [4.69, 9.17) is 0 Å². The van der Waals surface area contributed by atoms with Gasteiger partial charge in [-0.15, -0.1) is 0 Å². The third-order valence-electron chi connectivity index (χ3n) is 3.10. The van der Waals surface area contributed by atoms with E-state index in [1.54, 1.807) is 55.6 Å². The van der Waals surface area contributed by atoms with Crippen LogP contribution in [0.15, 0.2) is 48.5 Å². The molecule has 6 nitrogen and oxygen atoms in total. The highest BCUT2D eigenvalue weighted by Crippen LogP contribution is 2.15. The van der Waals surface area contributed by atoms with Crippen LogP contribution in [0, 0.1) is 0 Å². The molecule has 6 heteroatoms. The quantitative estimate of drug-likeness (QED) is 0.809. The van der Waals surface area contributed by atoms with Crippen molar-refractivity contribution in [3.05, 3.63) is 59.7 Å². The molecular formula is C17H17N3O3. The molecule has 0 aliphatic carbocycles. The maximum absolute atomic E-state index is 12.1. The summed E-state index contributed by atoms with van der Waals surface area (Å²) >= 11 is 0. The second-order valence-electron chi connectivity index (χ2n) is 4.87. The van der Waals surface area contributed by atoms with Crippen molar-refractivity contribution in [2.45, 2.75) is 6.92 Å². The molecule has 0 bridgehead atoms. The van der Waals surface area contributed by atoms with Crippen LogP contribution in [0.4, 0.5) is 11.4 Å². The average molecular weight is 311 g/mol. The Labute approximate surface area is 133 Å². The van der Waals surface area contributed by atoms with Crippen molar-refractivity contribution >= 4 is 29.1 Å². The summed E-state index contributed by atoms with van der Waals surface area (Å²) < 4.78 is 0. The summed E-state index contributed by atoms with van der Waals surface area (Å²) in [5.74, 6) is -0.635. The molecule has 0 aliphatic heterocycles. The van der Waals surface area contributed by atoms with Crippen molar-refractivity contribution in [2.24, 2.45) is 0 Å². The molecule has 2 rings (SSSR count). The third-order valence-corrected chi connectivity index (χ3v) is 3.10. The van der Waals surface area contributed by atoms with Gasteiger partial charge in [-0.1, -0.05) is 0 Å². The first-order valence-corrected chi connectivity index (χ1v) is 7.01. The third kappa shape index (κ3) is 4.41. The fraction of sp³-hybridized carbons (Fsp3) is 0.118. The van der Waals surface area contributed by atoms with Gasteiger partial charge in [-0.05, 0) is 48.5 Å². The number of benzene rings is 2. The lowest BCUT2D eigenvalue weighted by atomic mass is 10.1. The van der Waals surface area contributed by atoms with E-state index in [0.29, 0.717) is 22.5 Å². The van der Waals surface area contributed by atoms with Gasteiger partial charge in [0.1, 0.15) is 0 Å². The molecule has 0 aliphatic rings. The summed E-state index contributed by atoms with van der Waals surface area (Å²) in [7, 11) is 1.55. The van der Waals surface area contributed by atoms with Crippen molar-refractivity contribution in [1.29, 1.82) is 0 Å². The minimum atomic E-state index is -0.277. The molecule has 0 fully saturated rings. The van der Waals surface area contributed by atoms with Crippen LogP contribution in [-0.2, 0) is 4.79 Å². The Morgan fingerprint density at radius 2 is 1.13 bits per heavy atom. The number of carbonyl (C=O) groups is 3. The van der Waals surface area contributed by atoms with Gasteiger partial charge in [0, 0.05) is 36.5 Å². The molecule has 0 saturated heterocycles. The Balaban J connectivity index is 2.03. The lowest BCUT2D eigenvalue weighted by Gasteiger charge is -2.07. The first-order chi connectivity index (χ1) is 11.0. The molecule has 2 aromatic carbocycles. The van der Waals surface area contributed by atoms with Gasteiger partial charge in [0.2, 0.25) is 5.91 Å². The number of nitrogens with one attached hydrogen (secondary N) is 3. The molecule has 3 N–H and O–H groups in total. The van der Waals surface area contributed by atoms with Crippen LogP contribution in [0.1, 0.15) is 27.6 Å². The number of hydrogen-bond donors (Lipinski definition) is 3. The minimum Gasteiger partial charge on any atom is -0.355 e. The average Bonchev–Trinajstić information content (AvgIpc) is 2.55. The van der Waals surface area contributed by atoms with Gasteiger partial charge in [0.15, 0.2) is 0 Å². The summed E-state index contributed by atoms with van der Waals surface area (Å²) in [6.07, 6.45) is 0. The standard InChI is InChI=1S/C17H17N3O3/c1-11(21)19-14-7-9-15(10-8-14)20-17(23)13-5-3-12(4-6-13)16(22)18-2/h3-10H,1-2H3,(H,18,22)(H,19,21)(H,20,23). The monoisotopic (exact) mass is 311 g/mol. The number of anilines is 2. The summed E-state index contributed by atoms with van der Waals surface area (Å²) in [5.41, 5.74) is 2.21. The molecule has 0 atom stereocenters. The molecule has 3 amide bonds. The van der Waals surface area contributed by atoms with E-state index in [2.05, 4.69) is 16.0 Å². The Kier molecular flexibility index (Phi) is 5.09. The van der Waals surface area contributed by atoms with E-state index in [9.17, 15) is 14.4 Å². The van der Waals surface area contributed by atoms with Gasteiger partial charge in [-0.3, -0.25) is 14.4 Å². The van der Waals surface area contributed by atoms with Gasteiger partial charge in [0.25, 0.3) is 11.8 Å². The normalized spacial score (nSPS) is 9.83. The van der Waals surface area contributed by atoms with Crippen LogP contribution in [-0.4, -0.2) is 24.8 Å². The number of amides is 3. The van der Waals surface area contributed by atoms with E-state index in [-0.39, 0.29) is 17.7 Å². The Bertz CT molecular complexity index is 722. The number of hydrogen-bond acceptors (Lipinski definition) is 3. The van der Waals surface area contributed by atoms with E-state index < -0.39 is 0 Å². The van der Waals surface area contributed by atoms with Gasteiger partial charge < -0.3 is 16.0 Å². The van der Waals surface area contributed by atoms with Gasteiger partial charge in [-0.25, -0.2) is 0 Å². The molecular weight excluding hydrogens is 294 g/mol. The molecule has 118 valence electrons. The fourth-order valence-electron chi connectivity index (χ4n) is 1.96. The molecule has 0 unspecified atom stereocenters. The highest BCUT2D eigenvalue weighted by Gasteiger charge is 2.08. The molecule has 0 radical (unpaired) electrons. The van der Waals surface area contributed by atoms with Crippen molar-refractivity contribution in [1.82, 2.24) is 5.32 Å². The van der Waals surface area contributed by atoms with Crippen molar-refractivity contribution in [3.8, 4) is 0 Å².